The van der Waals surface area contributed by atoms with E-state index in [0.717, 1.165) is 25.6 Å². The lowest BCUT2D eigenvalue weighted by atomic mass is 9.98. The van der Waals surface area contributed by atoms with E-state index in [1.807, 2.05) is 6.92 Å². The summed E-state index contributed by atoms with van der Waals surface area (Å²) >= 11 is 0. The number of unbranched alkanes of at least 4 members (excludes halogenated alkanes) is 1. The molecule has 0 fully saturated rings. The maximum Gasteiger partial charge on any atom is 0.143 e. The quantitative estimate of drug-likeness (QED) is 0.274. The van der Waals surface area contributed by atoms with Gasteiger partial charge < -0.3 is 15.8 Å². The van der Waals surface area contributed by atoms with Crippen LogP contribution in [0.4, 0.5) is 0 Å². The SMILES string of the molecule is CCCCC(CC)CN(CC)CC(C)C(N)=NO. The smallest absolute Gasteiger partial charge is 0.143 e. The summed E-state index contributed by atoms with van der Waals surface area (Å²) in [4.78, 5) is 2.41. The molecule has 0 aliphatic heterocycles. The van der Waals surface area contributed by atoms with Gasteiger partial charge in [0.1, 0.15) is 5.84 Å². The average Bonchev–Trinajstić information content (AvgIpc) is 2.40. The summed E-state index contributed by atoms with van der Waals surface area (Å²) in [6, 6.07) is 0. The Hall–Kier alpha value is -0.770. The Bertz CT molecular complexity index is 231. The molecular weight excluding hydrogens is 226 g/mol. The number of amidine groups is 1. The van der Waals surface area contributed by atoms with Gasteiger partial charge in [-0.15, -0.1) is 0 Å². The van der Waals surface area contributed by atoms with Crippen molar-refractivity contribution in [2.45, 2.75) is 53.4 Å². The highest BCUT2D eigenvalue weighted by Gasteiger charge is 2.16. The van der Waals surface area contributed by atoms with Crippen molar-refractivity contribution in [3.8, 4) is 0 Å². The molecule has 0 radical (unpaired) electrons. The van der Waals surface area contributed by atoms with Gasteiger partial charge >= 0.3 is 0 Å². The van der Waals surface area contributed by atoms with Crippen LogP contribution in [-0.4, -0.2) is 35.6 Å². The summed E-state index contributed by atoms with van der Waals surface area (Å²) in [6.45, 7) is 11.7. The number of hydrogen-bond acceptors (Lipinski definition) is 3. The zero-order valence-corrected chi connectivity index (χ0v) is 12.5. The van der Waals surface area contributed by atoms with Crippen molar-refractivity contribution < 1.29 is 5.21 Å². The van der Waals surface area contributed by atoms with Crippen molar-refractivity contribution in [1.29, 1.82) is 0 Å². The number of rotatable bonds is 10. The predicted octanol–water partition coefficient (Wildman–Crippen LogP) is 2.91. The fraction of sp³-hybridized carbons (Fsp3) is 0.929. The highest BCUT2D eigenvalue weighted by molar-refractivity contribution is 5.82. The highest BCUT2D eigenvalue weighted by Crippen LogP contribution is 2.15. The monoisotopic (exact) mass is 257 g/mol. The topological polar surface area (TPSA) is 61.8 Å². The van der Waals surface area contributed by atoms with Gasteiger partial charge in [-0.25, -0.2) is 0 Å². The van der Waals surface area contributed by atoms with E-state index < -0.39 is 0 Å². The van der Waals surface area contributed by atoms with Crippen LogP contribution in [0.15, 0.2) is 5.16 Å². The largest absolute Gasteiger partial charge is 0.409 e. The van der Waals surface area contributed by atoms with E-state index in [-0.39, 0.29) is 5.92 Å². The Morgan fingerprint density at radius 1 is 1.28 bits per heavy atom. The predicted molar refractivity (Wildman–Crippen MR) is 78.0 cm³/mol. The molecule has 0 aromatic rings. The van der Waals surface area contributed by atoms with Crippen LogP contribution in [0.3, 0.4) is 0 Å². The molecule has 2 unspecified atom stereocenters. The molecule has 18 heavy (non-hydrogen) atoms. The lowest BCUT2D eigenvalue weighted by molar-refractivity contribution is 0.215. The molecule has 108 valence electrons. The lowest BCUT2D eigenvalue weighted by Gasteiger charge is -2.28. The third-order valence-corrected chi connectivity index (χ3v) is 3.66. The van der Waals surface area contributed by atoms with Crippen LogP contribution in [-0.2, 0) is 0 Å². The van der Waals surface area contributed by atoms with Gasteiger partial charge in [0, 0.05) is 19.0 Å². The standard InChI is InChI=1S/C14H31N3O/c1-5-8-9-13(6-2)11-17(7-3)10-12(4)14(15)16-18/h12-13,18H,5-11H2,1-4H3,(H2,15,16). The normalized spacial score (nSPS) is 15.9. The zero-order chi connectivity index (χ0) is 14.0. The van der Waals surface area contributed by atoms with Crippen LogP contribution in [0.5, 0.6) is 0 Å². The van der Waals surface area contributed by atoms with E-state index in [0.29, 0.717) is 5.84 Å². The molecule has 0 saturated heterocycles. The summed E-state index contributed by atoms with van der Waals surface area (Å²) in [6.07, 6.45) is 5.12. The molecule has 0 aromatic heterocycles. The Kier molecular flexibility index (Phi) is 9.74. The molecule has 0 aliphatic carbocycles. The molecule has 0 bridgehead atoms. The van der Waals surface area contributed by atoms with Gasteiger partial charge in [-0.05, 0) is 18.9 Å². The second kappa shape index (κ2) is 10.2. The summed E-state index contributed by atoms with van der Waals surface area (Å²) in [5, 5.41) is 11.8. The molecule has 0 rings (SSSR count). The van der Waals surface area contributed by atoms with Crippen LogP contribution >= 0.6 is 0 Å². The minimum Gasteiger partial charge on any atom is -0.409 e. The van der Waals surface area contributed by atoms with Crippen molar-refractivity contribution >= 4 is 5.84 Å². The van der Waals surface area contributed by atoms with Crippen molar-refractivity contribution in [2.75, 3.05) is 19.6 Å². The minimum atomic E-state index is 0.110. The van der Waals surface area contributed by atoms with Crippen molar-refractivity contribution in [1.82, 2.24) is 4.90 Å². The molecule has 0 aromatic carbocycles. The third-order valence-electron chi connectivity index (χ3n) is 3.66. The fourth-order valence-electron chi connectivity index (χ4n) is 2.19. The van der Waals surface area contributed by atoms with Crippen LogP contribution < -0.4 is 5.73 Å². The Labute approximate surface area is 112 Å². The molecule has 3 N–H and O–H groups in total. The summed E-state index contributed by atoms with van der Waals surface area (Å²) < 4.78 is 0. The van der Waals surface area contributed by atoms with E-state index in [9.17, 15) is 0 Å². The maximum absolute atomic E-state index is 8.68. The molecule has 4 nitrogen and oxygen atoms in total. The molecule has 0 heterocycles. The Morgan fingerprint density at radius 2 is 1.94 bits per heavy atom. The fourth-order valence-corrected chi connectivity index (χ4v) is 2.19. The average molecular weight is 257 g/mol. The van der Waals surface area contributed by atoms with E-state index in [2.05, 4.69) is 30.8 Å². The van der Waals surface area contributed by atoms with Gasteiger partial charge in [0.25, 0.3) is 0 Å². The number of oxime groups is 1. The van der Waals surface area contributed by atoms with Gasteiger partial charge in [0.05, 0.1) is 0 Å². The molecule has 0 amide bonds. The van der Waals surface area contributed by atoms with E-state index >= 15 is 0 Å². The summed E-state index contributed by atoms with van der Waals surface area (Å²) in [5.41, 5.74) is 5.64. The van der Waals surface area contributed by atoms with Crippen LogP contribution in [0.25, 0.3) is 0 Å². The van der Waals surface area contributed by atoms with Gasteiger partial charge in [-0.2, -0.15) is 0 Å². The highest BCUT2D eigenvalue weighted by atomic mass is 16.4. The van der Waals surface area contributed by atoms with E-state index in [1.165, 1.54) is 25.7 Å². The van der Waals surface area contributed by atoms with E-state index in [4.69, 9.17) is 10.9 Å². The first-order valence-corrected chi connectivity index (χ1v) is 7.28. The first kappa shape index (κ1) is 17.2. The molecule has 0 saturated carbocycles. The molecule has 4 heteroatoms. The molecule has 0 aliphatic rings. The Morgan fingerprint density at radius 3 is 2.39 bits per heavy atom. The van der Waals surface area contributed by atoms with Gasteiger partial charge in [-0.3, -0.25) is 0 Å². The van der Waals surface area contributed by atoms with Crippen LogP contribution in [0, 0.1) is 11.8 Å². The van der Waals surface area contributed by atoms with Crippen molar-refractivity contribution in [3.63, 3.8) is 0 Å². The van der Waals surface area contributed by atoms with E-state index in [1.54, 1.807) is 0 Å². The van der Waals surface area contributed by atoms with Gasteiger partial charge in [0.15, 0.2) is 0 Å². The summed E-state index contributed by atoms with van der Waals surface area (Å²) in [5.74, 6) is 1.21. The Balaban J connectivity index is 4.22. The van der Waals surface area contributed by atoms with Crippen LogP contribution in [0.2, 0.25) is 0 Å². The van der Waals surface area contributed by atoms with Gasteiger partial charge in [-0.1, -0.05) is 52.1 Å². The third kappa shape index (κ3) is 6.84. The zero-order valence-electron chi connectivity index (χ0n) is 12.5. The number of hydrogen-bond donors (Lipinski definition) is 2. The molecular formula is C14H31N3O. The van der Waals surface area contributed by atoms with Gasteiger partial charge in [0.2, 0.25) is 0 Å². The number of nitrogens with zero attached hydrogens (tertiary/aromatic N) is 2. The van der Waals surface area contributed by atoms with Crippen molar-refractivity contribution in [2.24, 2.45) is 22.7 Å². The van der Waals surface area contributed by atoms with Crippen molar-refractivity contribution in [3.05, 3.63) is 0 Å². The second-order valence-corrected chi connectivity index (χ2v) is 5.19. The first-order chi connectivity index (χ1) is 8.58. The van der Waals surface area contributed by atoms with Crippen LogP contribution in [0.1, 0.15) is 53.4 Å². The first-order valence-electron chi connectivity index (χ1n) is 7.28. The second-order valence-electron chi connectivity index (χ2n) is 5.19. The summed E-state index contributed by atoms with van der Waals surface area (Å²) in [7, 11) is 0. The lowest BCUT2D eigenvalue weighted by Crippen LogP contribution is -2.37. The maximum atomic E-state index is 8.68. The molecule has 2 atom stereocenters. The molecule has 0 spiro atoms. The number of nitrogens with two attached hydrogens (primary N) is 1. The minimum absolute atomic E-state index is 0.110.